The van der Waals surface area contributed by atoms with E-state index in [1.54, 1.807) is 0 Å². The average molecular weight is 475 g/mol. The fraction of sp³-hybridized carbons (Fsp3) is 0.632. The van der Waals surface area contributed by atoms with Gasteiger partial charge in [-0.3, -0.25) is 4.99 Å². The van der Waals surface area contributed by atoms with Crippen LogP contribution < -0.4 is 10.6 Å². The maximum atomic E-state index is 5.97. The van der Waals surface area contributed by atoms with Crippen molar-refractivity contribution in [1.82, 2.24) is 10.6 Å². The number of nitrogens with zero attached hydrogens (tertiary/aromatic N) is 1. The molecule has 0 radical (unpaired) electrons. The highest BCUT2D eigenvalue weighted by Gasteiger charge is 2.29. The van der Waals surface area contributed by atoms with Crippen LogP contribution in [0.5, 0.6) is 0 Å². The van der Waals surface area contributed by atoms with Gasteiger partial charge in [-0.15, -0.1) is 24.0 Å². The first-order valence-corrected chi connectivity index (χ1v) is 10.2. The maximum Gasteiger partial charge on any atom is 0.191 e. The van der Waals surface area contributed by atoms with Crippen LogP contribution in [0.3, 0.4) is 0 Å². The topological polar surface area (TPSA) is 45.7 Å². The normalized spacial score (nSPS) is 26.3. The van der Waals surface area contributed by atoms with Crippen LogP contribution in [0.15, 0.2) is 35.3 Å². The monoisotopic (exact) mass is 475 g/mol. The van der Waals surface area contributed by atoms with Gasteiger partial charge in [0.05, 0.1) is 6.10 Å². The molecule has 25 heavy (non-hydrogen) atoms. The Balaban J connectivity index is 0.00000225. The summed E-state index contributed by atoms with van der Waals surface area (Å²) in [6, 6.07) is 10.5. The van der Waals surface area contributed by atoms with Crippen LogP contribution in [0.4, 0.5) is 0 Å². The molecule has 2 saturated heterocycles. The highest BCUT2D eigenvalue weighted by Crippen LogP contribution is 2.34. The lowest BCUT2D eigenvalue weighted by Gasteiger charge is -2.19. The first-order chi connectivity index (χ1) is 11.9. The van der Waals surface area contributed by atoms with E-state index >= 15 is 0 Å². The quantitative estimate of drug-likeness (QED) is 0.373. The van der Waals surface area contributed by atoms with Crippen LogP contribution in [-0.2, 0) is 4.74 Å². The molecular weight excluding hydrogens is 445 g/mol. The highest BCUT2D eigenvalue weighted by molar-refractivity contribution is 14.0. The Kier molecular flexibility index (Phi) is 9.41. The summed E-state index contributed by atoms with van der Waals surface area (Å²) >= 11 is 2.08. The third kappa shape index (κ3) is 6.32. The summed E-state index contributed by atoms with van der Waals surface area (Å²) in [6.45, 7) is 5.68. The van der Waals surface area contributed by atoms with Gasteiger partial charge in [0.15, 0.2) is 5.96 Å². The molecule has 0 aromatic heterocycles. The van der Waals surface area contributed by atoms with Crippen molar-refractivity contribution in [3.05, 3.63) is 35.9 Å². The lowest BCUT2D eigenvalue weighted by atomic mass is 9.95. The van der Waals surface area contributed by atoms with E-state index in [0.29, 0.717) is 5.92 Å². The number of guanidine groups is 1. The molecule has 0 bridgehead atoms. The average Bonchev–Trinajstić information content (AvgIpc) is 3.29. The van der Waals surface area contributed by atoms with E-state index in [1.165, 1.54) is 24.2 Å². The van der Waals surface area contributed by atoms with Crippen molar-refractivity contribution in [3.63, 3.8) is 0 Å². The highest BCUT2D eigenvalue weighted by atomic mass is 127. The summed E-state index contributed by atoms with van der Waals surface area (Å²) in [5.41, 5.74) is 1.27. The van der Waals surface area contributed by atoms with Gasteiger partial charge >= 0.3 is 0 Å². The van der Waals surface area contributed by atoms with Crippen LogP contribution in [0.25, 0.3) is 0 Å². The van der Waals surface area contributed by atoms with Gasteiger partial charge in [0.1, 0.15) is 0 Å². The molecule has 1 aromatic carbocycles. The molecule has 2 N–H and O–H groups in total. The van der Waals surface area contributed by atoms with E-state index < -0.39 is 0 Å². The first kappa shape index (κ1) is 20.8. The second-order valence-corrected chi connectivity index (χ2v) is 7.89. The van der Waals surface area contributed by atoms with Crippen molar-refractivity contribution >= 4 is 41.7 Å². The van der Waals surface area contributed by atoms with Gasteiger partial charge in [0.2, 0.25) is 0 Å². The molecule has 4 nitrogen and oxygen atoms in total. The molecule has 0 saturated carbocycles. The summed E-state index contributed by atoms with van der Waals surface area (Å²) in [5, 5.41) is 7.63. The number of hydrogen-bond acceptors (Lipinski definition) is 3. The molecule has 0 spiro atoms. The van der Waals surface area contributed by atoms with E-state index in [-0.39, 0.29) is 30.1 Å². The number of thioether (sulfide) groups is 1. The van der Waals surface area contributed by atoms with Crippen molar-refractivity contribution in [2.24, 2.45) is 10.9 Å². The zero-order valence-electron chi connectivity index (χ0n) is 14.9. The van der Waals surface area contributed by atoms with Gasteiger partial charge in [-0.1, -0.05) is 30.3 Å². The number of hydrogen-bond donors (Lipinski definition) is 2. The molecule has 3 atom stereocenters. The molecule has 0 amide bonds. The fourth-order valence-corrected chi connectivity index (χ4v) is 4.60. The Hall–Kier alpha value is -0.470. The van der Waals surface area contributed by atoms with Crippen molar-refractivity contribution in [2.75, 3.05) is 32.0 Å². The van der Waals surface area contributed by atoms with Gasteiger partial charge in [0, 0.05) is 37.4 Å². The minimum atomic E-state index is 0. The molecule has 140 valence electrons. The van der Waals surface area contributed by atoms with Gasteiger partial charge in [-0.25, -0.2) is 0 Å². The second-order valence-electron chi connectivity index (χ2n) is 6.49. The number of halogens is 1. The number of ether oxygens (including phenoxy) is 1. The van der Waals surface area contributed by atoms with Crippen molar-refractivity contribution in [1.29, 1.82) is 0 Å². The van der Waals surface area contributed by atoms with Gasteiger partial charge < -0.3 is 15.4 Å². The molecule has 2 aliphatic rings. The fourth-order valence-electron chi connectivity index (χ4n) is 3.40. The van der Waals surface area contributed by atoms with Crippen molar-refractivity contribution < 1.29 is 4.74 Å². The minimum absolute atomic E-state index is 0. The second kappa shape index (κ2) is 11.3. The van der Waals surface area contributed by atoms with Gasteiger partial charge in [0.25, 0.3) is 0 Å². The summed E-state index contributed by atoms with van der Waals surface area (Å²) in [5.74, 6) is 2.71. The minimum Gasteiger partial charge on any atom is -0.373 e. The number of benzene rings is 1. The predicted molar refractivity (Wildman–Crippen MR) is 118 cm³/mol. The molecule has 0 aliphatic carbocycles. The molecule has 2 fully saturated rings. The van der Waals surface area contributed by atoms with Crippen LogP contribution in [-0.4, -0.2) is 43.2 Å². The lowest BCUT2D eigenvalue weighted by Crippen LogP contribution is -2.40. The Bertz CT molecular complexity index is 523. The van der Waals surface area contributed by atoms with E-state index in [0.717, 1.165) is 43.9 Å². The molecule has 6 heteroatoms. The molecule has 3 rings (SSSR count). The van der Waals surface area contributed by atoms with Crippen molar-refractivity contribution in [2.45, 2.75) is 37.5 Å². The van der Waals surface area contributed by atoms with Crippen LogP contribution in [0.1, 0.15) is 37.9 Å². The Morgan fingerprint density at radius 1 is 1.24 bits per heavy atom. The zero-order valence-corrected chi connectivity index (χ0v) is 18.1. The van der Waals surface area contributed by atoms with Gasteiger partial charge in [-0.2, -0.15) is 11.8 Å². The number of nitrogens with one attached hydrogen (secondary N) is 2. The standard InChI is InChI=1S/C19H29N3OS.HI/c1-2-20-19(22-14-17-9-6-12-24-17)21-13-16-10-11-23-18(16)15-7-4-3-5-8-15;/h3-5,7-8,16-18H,2,6,9-14H2,1H3,(H2,20,21,22);1H. The Morgan fingerprint density at radius 3 is 2.80 bits per heavy atom. The summed E-state index contributed by atoms with van der Waals surface area (Å²) < 4.78 is 5.97. The Morgan fingerprint density at radius 2 is 2.08 bits per heavy atom. The largest absolute Gasteiger partial charge is 0.373 e. The van der Waals surface area contributed by atoms with Crippen LogP contribution >= 0.6 is 35.7 Å². The molecular formula is C19H30IN3OS. The van der Waals surface area contributed by atoms with E-state index in [1.807, 2.05) is 0 Å². The van der Waals surface area contributed by atoms with Crippen LogP contribution in [0, 0.1) is 5.92 Å². The lowest BCUT2D eigenvalue weighted by molar-refractivity contribution is 0.0925. The molecule has 2 aliphatic heterocycles. The van der Waals surface area contributed by atoms with Crippen molar-refractivity contribution in [3.8, 4) is 0 Å². The first-order valence-electron chi connectivity index (χ1n) is 9.17. The molecule has 1 aromatic rings. The van der Waals surface area contributed by atoms with Crippen LogP contribution in [0.2, 0.25) is 0 Å². The zero-order chi connectivity index (χ0) is 16.6. The molecule has 2 heterocycles. The van der Waals surface area contributed by atoms with E-state index in [4.69, 9.17) is 9.73 Å². The molecule has 3 unspecified atom stereocenters. The number of rotatable bonds is 6. The number of aliphatic imine (C=N–C) groups is 1. The Labute approximate surface area is 173 Å². The third-order valence-corrected chi connectivity index (χ3v) is 6.09. The smallest absolute Gasteiger partial charge is 0.191 e. The maximum absolute atomic E-state index is 5.97. The predicted octanol–water partition coefficient (Wildman–Crippen LogP) is 3.83. The van der Waals surface area contributed by atoms with E-state index in [9.17, 15) is 0 Å². The summed E-state index contributed by atoms with van der Waals surface area (Å²) in [7, 11) is 0. The van der Waals surface area contributed by atoms with E-state index in [2.05, 4.69) is 59.7 Å². The summed E-state index contributed by atoms with van der Waals surface area (Å²) in [6.07, 6.45) is 3.94. The summed E-state index contributed by atoms with van der Waals surface area (Å²) in [4.78, 5) is 4.84. The third-order valence-electron chi connectivity index (χ3n) is 4.69. The SMILES string of the molecule is CCNC(=NCC1CCOC1c1ccccc1)NCC1CCCS1.I. The van der Waals surface area contributed by atoms with Gasteiger partial charge in [-0.05, 0) is 37.5 Å².